The lowest BCUT2D eigenvalue weighted by Crippen LogP contribution is -2.45. The second-order valence-electron chi connectivity index (χ2n) is 7.68. The van der Waals surface area contributed by atoms with Crippen LogP contribution in [0.1, 0.15) is 44.9 Å². The highest BCUT2D eigenvalue weighted by molar-refractivity contribution is 7.91. The van der Waals surface area contributed by atoms with E-state index in [9.17, 15) is 14.5 Å². The van der Waals surface area contributed by atoms with Gasteiger partial charge in [0.2, 0.25) is 0 Å². The van der Waals surface area contributed by atoms with E-state index in [1.165, 1.54) is 4.90 Å². The Balaban J connectivity index is 2.01. The zero-order chi connectivity index (χ0) is 18.4. The lowest BCUT2D eigenvalue weighted by Gasteiger charge is -2.38. The maximum Gasteiger partial charge on any atom is 0.407 e. The average molecular weight is 384 g/mol. The number of pyridine rings is 1. The lowest BCUT2D eigenvalue weighted by molar-refractivity contribution is 0.114. The number of amides is 1. The van der Waals surface area contributed by atoms with Gasteiger partial charge in [-0.1, -0.05) is 16.0 Å². The largest absolute Gasteiger partial charge is 0.591 e. The summed E-state index contributed by atoms with van der Waals surface area (Å²) >= 11 is 4.73. The quantitative estimate of drug-likeness (QED) is 0.753. The van der Waals surface area contributed by atoms with Crippen LogP contribution in [-0.4, -0.2) is 49.2 Å². The Hall–Kier alpha value is -1.31. The van der Waals surface area contributed by atoms with E-state index in [-0.39, 0.29) is 5.41 Å². The molecule has 1 saturated heterocycles. The van der Waals surface area contributed by atoms with E-state index in [4.69, 9.17) is 11.6 Å². The number of carbonyl (C=O) groups is 1. The Morgan fingerprint density at radius 3 is 2.64 bits per heavy atom. The van der Waals surface area contributed by atoms with E-state index in [0.717, 1.165) is 17.0 Å². The Morgan fingerprint density at radius 1 is 1.44 bits per heavy atom. The van der Waals surface area contributed by atoms with Crippen LogP contribution in [-0.2, 0) is 17.8 Å². The Bertz CT molecular complexity index is 724. The minimum atomic E-state index is -1.40. The summed E-state index contributed by atoms with van der Waals surface area (Å²) < 4.78 is 16.8. The predicted molar refractivity (Wildman–Crippen MR) is 98.6 cm³/mol. The van der Waals surface area contributed by atoms with Crippen molar-refractivity contribution >= 4 is 34.8 Å². The first-order chi connectivity index (χ1) is 11.6. The van der Waals surface area contributed by atoms with Crippen LogP contribution in [0.4, 0.5) is 4.79 Å². The second-order valence-corrected chi connectivity index (χ2v) is 10.0. The van der Waals surface area contributed by atoms with Crippen LogP contribution >= 0.6 is 11.6 Å². The van der Waals surface area contributed by atoms with Crippen LogP contribution in [0.2, 0.25) is 5.02 Å². The van der Waals surface area contributed by atoms with Crippen molar-refractivity contribution in [1.82, 2.24) is 9.88 Å². The van der Waals surface area contributed by atoms with Crippen LogP contribution in [0.5, 0.6) is 0 Å². The van der Waals surface area contributed by atoms with Crippen LogP contribution in [0.25, 0.3) is 0 Å². The molecule has 1 aromatic heterocycles. The van der Waals surface area contributed by atoms with Crippen LogP contribution < -0.4 is 0 Å². The summed E-state index contributed by atoms with van der Waals surface area (Å²) in [5, 5.41) is 9.74. The summed E-state index contributed by atoms with van der Waals surface area (Å²) in [6.07, 6.45) is 2.70. The van der Waals surface area contributed by atoms with Gasteiger partial charge in [0.05, 0.1) is 10.7 Å². The fraction of sp³-hybridized carbons (Fsp3) is 0.588. The zero-order valence-corrected chi connectivity index (χ0v) is 16.2. The van der Waals surface area contributed by atoms with Crippen LogP contribution in [0.15, 0.2) is 16.7 Å². The van der Waals surface area contributed by atoms with Crippen LogP contribution in [0, 0.1) is 5.41 Å². The lowest BCUT2D eigenvalue weighted by atomic mass is 9.75. The minimum Gasteiger partial charge on any atom is -0.591 e. The van der Waals surface area contributed by atoms with E-state index in [1.54, 1.807) is 6.20 Å². The number of hydrogen-bond donors (Lipinski definition) is 1. The maximum atomic E-state index is 12.7. The number of rotatable bonds is 1. The van der Waals surface area contributed by atoms with E-state index in [2.05, 4.69) is 9.38 Å². The summed E-state index contributed by atoms with van der Waals surface area (Å²) in [6, 6.07) is 1.83. The van der Waals surface area contributed by atoms with Gasteiger partial charge in [0.1, 0.15) is 21.8 Å². The summed E-state index contributed by atoms with van der Waals surface area (Å²) in [6.45, 7) is 6.55. The molecule has 0 saturated carbocycles. The van der Waals surface area contributed by atoms with Gasteiger partial charge in [0.15, 0.2) is 0 Å². The van der Waals surface area contributed by atoms with Crippen molar-refractivity contribution < 1.29 is 14.5 Å². The number of halogens is 1. The molecule has 1 aromatic rings. The highest BCUT2D eigenvalue weighted by atomic mass is 35.5. The second kappa shape index (κ2) is 6.45. The molecule has 1 amide bonds. The van der Waals surface area contributed by atoms with Crippen molar-refractivity contribution in [3.63, 3.8) is 0 Å². The molecule has 6 nitrogen and oxygen atoms in total. The van der Waals surface area contributed by atoms with Crippen molar-refractivity contribution in [3.05, 3.63) is 28.5 Å². The summed E-state index contributed by atoms with van der Waals surface area (Å²) in [5.41, 5.74) is 2.22. The molecule has 1 N–H and O–H groups in total. The molecule has 0 unspecified atom stereocenters. The van der Waals surface area contributed by atoms with Crippen molar-refractivity contribution in [1.29, 1.82) is 0 Å². The highest BCUT2D eigenvalue weighted by Crippen LogP contribution is 2.45. The number of hydrogen-bond acceptors (Lipinski definition) is 4. The molecule has 0 bridgehead atoms. The monoisotopic (exact) mass is 383 g/mol. The summed E-state index contributed by atoms with van der Waals surface area (Å²) in [4.78, 5) is 17.1. The Kier molecular flexibility index (Phi) is 4.77. The summed E-state index contributed by atoms with van der Waals surface area (Å²) in [7, 11) is 0. The molecule has 3 rings (SSSR count). The minimum absolute atomic E-state index is 0.313. The third kappa shape index (κ3) is 3.50. The van der Waals surface area contributed by atoms with Crippen molar-refractivity contribution in [3.8, 4) is 0 Å². The van der Waals surface area contributed by atoms with Gasteiger partial charge >= 0.3 is 6.09 Å². The van der Waals surface area contributed by atoms with Crippen molar-refractivity contribution in [2.75, 3.05) is 13.1 Å². The number of nitrogens with zero attached hydrogens (tertiary/aromatic N) is 3. The Labute approximate surface area is 155 Å². The van der Waals surface area contributed by atoms with Gasteiger partial charge in [-0.15, -0.1) is 0 Å². The zero-order valence-electron chi connectivity index (χ0n) is 14.6. The Morgan fingerprint density at radius 2 is 2.08 bits per heavy atom. The molecule has 0 aromatic carbocycles. The SMILES string of the molecule is CC(C)(C)[S@@+]([O-])/N=C1\c2cc(Cl)cnc2CC12CCN(C(=O)O)CC2. The third-order valence-electron chi connectivity index (χ3n) is 4.89. The average Bonchev–Trinajstić information content (AvgIpc) is 2.80. The van der Waals surface area contributed by atoms with Gasteiger partial charge in [-0.3, -0.25) is 4.98 Å². The number of aromatic nitrogens is 1. The first-order valence-corrected chi connectivity index (χ1v) is 9.75. The van der Waals surface area contributed by atoms with Gasteiger partial charge < -0.3 is 14.6 Å². The molecule has 1 atom stereocenters. The molecular weight excluding hydrogens is 362 g/mol. The van der Waals surface area contributed by atoms with Gasteiger partial charge in [0.25, 0.3) is 0 Å². The van der Waals surface area contributed by atoms with Gasteiger partial charge in [-0.25, -0.2) is 4.79 Å². The van der Waals surface area contributed by atoms with Gasteiger partial charge in [-0.05, 0) is 39.7 Å². The molecule has 0 radical (unpaired) electrons. The van der Waals surface area contributed by atoms with E-state index < -0.39 is 22.2 Å². The van der Waals surface area contributed by atoms with Gasteiger partial charge in [-0.2, -0.15) is 0 Å². The molecule has 1 spiro atoms. The highest BCUT2D eigenvalue weighted by Gasteiger charge is 2.48. The van der Waals surface area contributed by atoms with Crippen molar-refractivity contribution in [2.24, 2.45) is 9.81 Å². The van der Waals surface area contributed by atoms with E-state index in [1.807, 2.05) is 26.8 Å². The summed E-state index contributed by atoms with van der Waals surface area (Å²) in [5.74, 6) is 0. The molecular formula is C17H22ClN3O3S. The predicted octanol–water partition coefficient (Wildman–Crippen LogP) is 3.30. The molecule has 1 aliphatic heterocycles. The smallest absolute Gasteiger partial charge is 0.407 e. The first-order valence-electron chi connectivity index (χ1n) is 8.26. The fourth-order valence-electron chi connectivity index (χ4n) is 3.41. The van der Waals surface area contributed by atoms with Crippen LogP contribution in [0.3, 0.4) is 0 Å². The molecule has 2 aliphatic rings. The molecule has 1 fully saturated rings. The standard InChI is InChI=1S/C17H22ClN3O3S/c1-16(2,3)25(24)20-14-12-8-11(18)10-19-13(12)9-17(14)4-6-21(7-5-17)15(22)23/h8,10H,4-7,9H2,1-3H3,(H,22,23)/b20-14+/t25-/m1/s1. The first kappa shape index (κ1) is 18.5. The maximum absolute atomic E-state index is 12.7. The normalized spacial score (nSPS) is 22.3. The van der Waals surface area contributed by atoms with E-state index >= 15 is 0 Å². The number of carboxylic acid groups (broad SMARTS) is 1. The van der Waals surface area contributed by atoms with E-state index in [0.29, 0.717) is 37.4 Å². The molecule has 2 heterocycles. The third-order valence-corrected chi connectivity index (χ3v) is 6.49. The number of piperidine rings is 1. The molecule has 1 aliphatic carbocycles. The molecule has 8 heteroatoms. The molecule has 25 heavy (non-hydrogen) atoms. The van der Waals surface area contributed by atoms with Crippen molar-refractivity contribution in [2.45, 2.75) is 44.8 Å². The number of fused-ring (bicyclic) bond motifs is 1. The fourth-order valence-corrected chi connectivity index (χ4v) is 4.30. The molecule has 136 valence electrons. The van der Waals surface area contributed by atoms with Gasteiger partial charge in [0, 0.05) is 36.7 Å². The topological polar surface area (TPSA) is 88.9 Å². The number of likely N-dealkylation sites (tertiary alicyclic amines) is 1.